The Morgan fingerprint density at radius 2 is 1.85 bits per heavy atom. The highest BCUT2D eigenvalue weighted by atomic mass is 16.5. The molecule has 1 heterocycles. The molecule has 2 rings (SSSR count). The van der Waals surface area contributed by atoms with E-state index in [2.05, 4.69) is 36.3 Å². The van der Waals surface area contributed by atoms with Gasteiger partial charge in [0, 0.05) is 31.4 Å². The minimum absolute atomic E-state index is 0.202. The predicted octanol–water partition coefficient (Wildman–Crippen LogP) is 2.48. The second kappa shape index (κ2) is 9.54. The van der Waals surface area contributed by atoms with Crippen LogP contribution in [0.2, 0.25) is 0 Å². The number of rotatable bonds is 6. The number of hydrogen-bond donors (Lipinski definition) is 2. The molecule has 0 aromatic heterocycles. The first-order valence-corrected chi connectivity index (χ1v) is 9.10. The van der Waals surface area contributed by atoms with Crippen molar-refractivity contribution in [3.05, 3.63) is 29.8 Å². The molecule has 0 radical (unpaired) electrons. The zero-order valence-corrected chi connectivity index (χ0v) is 16.0. The maximum absolute atomic E-state index is 12.1. The quantitative estimate of drug-likeness (QED) is 0.759. The lowest BCUT2D eigenvalue weighted by molar-refractivity contribution is -0.0777. The third kappa shape index (κ3) is 6.00. The van der Waals surface area contributed by atoms with Crippen molar-refractivity contribution in [2.75, 3.05) is 31.6 Å². The van der Waals surface area contributed by atoms with Crippen LogP contribution < -0.4 is 10.6 Å². The molecule has 1 aromatic carbocycles. The molecule has 26 heavy (non-hydrogen) atoms. The maximum atomic E-state index is 12.1. The number of carbonyl (C=O) groups excluding carboxylic acids is 2. The number of ether oxygens (including phenoxy) is 2. The average molecular weight is 363 g/mol. The number of urea groups is 1. The van der Waals surface area contributed by atoms with Crippen LogP contribution in [0, 0.1) is 0 Å². The summed E-state index contributed by atoms with van der Waals surface area (Å²) in [4.78, 5) is 26.0. The minimum atomic E-state index is -0.369. The predicted molar refractivity (Wildman–Crippen MR) is 100 cm³/mol. The first-order valence-electron chi connectivity index (χ1n) is 9.10. The fourth-order valence-electron chi connectivity index (χ4n) is 3.03. The summed E-state index contributed by atoms with van der Waals surface area (Å²) in [5, 5.41) is 5.66. The van der Waals surface area contributed by atoms with Gasteiger partial charge in [-0.15, -0.1) is 0 Å². The zero-order chi connectivity index (χ0) is 19.1. The van der Waals surface area contributed by atoms with E-state index in [4.69, 9.17) is 9.47 Å². The molecule has 0 saturated carbocycles. The summed E-state index contributed by atoms with van der Waals surface area (Å²) in [7, 11) is 0. The van der Waals surface area contributed by atoms with Crippen LogP contribution in [0.4, 0.5) is 10.5 Å². The molecule has 2 amide bonds. The van der Waals surface area contributed by atoms with Crippen LogP contribution in [-0.4, -0.2) is 61.4 Å². The second-order valence-corrected chi connectivity index (χ2v) is 6.69. The van der Waals surface area contributed by atoms with Crippen LogP contribution >= 0.6 is 0 Å². The van der Waals surface area contributed by atoms with Crippen molar-refractivity contribution >= 4 is 17.7 Å². The monoisotopic (exact) mass is 363 g/mol. The van der Waals surface area contributed by atoms with Gasteiger partial charge in [-0.1, -0.05) is 0 Å². The first-order chi connectivity index (χ1) is 12.4. The Bertz CT molecular complexity index is 595. The van der Waals surface area contributed by atoms with Crippen molar-refractivity contribution in [1.82, 2.24) is 10.2 Å². The Morgan fingerprint density at radius 3 is 2.42 bits per heavy atom. The number of anilines is 1. The van der Waals surface area contributed by atoms with Gasteiger partial charge in [-0.05, 0) is 52.0 Å². The number of morpholine rings is 1. The number of nitrogens with one attached hydrogen (secondary N) is 2. The molecule has 0 unspecified atom stereocenters. The highest BCUT2D eigenvalue weighted by Crippen LogP contribution is 2.13. The van der Waals surface area contributed by atoms with E-state index in [9.17, 15) is 9.59 Å². The largest absolute Gasteiger partial charge is 0.462 e. The Balaban J connectivity index is 1.78. The Kier molecular flexibility index (Phi) is 7.41. The summed E-state index contributed by atoms with van der Waals surface area (Å²) >= 11 is 0. The fraction of sp³-hybridized carbons (Fsp3) is 0.579. The lowest BCUT2D eigenvalue weighted by Gasteiger charge is -2.38. The number of nitrogens with zero attached hydrogens (tertiary/aromatic N) is 1. The molecular weight excluding hydrogens is 334 g/mol. The molecule has 3 atom stereocenters. The van der Waals surface area contributed by atoms with E-state index < -0.39 is 0 Å². The maximum Gasteiger partial charge on any atom is 0.338 e. The highest BCUT2D eigenvalue weighted by Gasteiger charge is 2.25. The number of benzene rings is 1. The van der Waals surface area contributed by atoms with Crippen molar-refractivity contribution in [3.63, 3.8) is 0 Å². The Morgan fingerprint density at radius 1 is 1.23 bits per heavy atom. The standard InChI is InChI=1S/C19H29N3O4/c1-5-25-18(23)16-6-8-17(9-7-16)21-19(24)20-10-13(2)22-11-14(3)26-15(4)12-22/h6-9,13-15H,5,10-12H2,1-4H3,(H2,20,21,24)/t13-,14-,15+/m1/s1. The van der Waals surface area contributed by atoms with Crippen molar-refractivity contribution in [2.45, 2.75) is 45.9 Å². The third-order valence-corrected chi connectivity index (χ3v) is 4.28. The molecule has 0 spiro atoms. The highest BCUT2D eigenvalue weighted by molar-refractivity contribution is 5.92. The van der Waals surface area contributed by atoms with Gasteiger partial charge in [0.2, 0.25) is 0 Å². The van der Waals surface area contributed by atoms with Gasteiger partial charge in [0.25, 0.3) is 0 Å². The van der Waals surface area contributed by atoms with Gasteiger partial charge in [0.15, 0.2) is 0 Å². The zero-order valence-electron chi connectivity index (χ0n) is 16.0. The van der Waals surface area contributed by atoms with Crippen LogP contribution in [0.5, 0.6) is 0 Å². The van der Waals surface area contributed by atoms with Gasteiger partial charge in [-0.3, -0.25) is 4.90 Å². The van der Waals surface area contributed by atoms with E-state index in [1.807, 2.05) is 0 Å². The second-order valence-electron chi connectivity index (χ2n) is 6.69. The molecule has 0 bridgehead atoms. The van der Waals surface area contributed by atoms with E-state index in [1.165, 1.54) is 0 Å². The first kappa shape index (κ1) is 20.2. The number of carbonyl (C=O) groups is 2. The van der Waals surface area contributed by atoms with Crippen LogP contribution in [-0.2, 0) is 9.47 Å². The molecule has 144 valence electrons. The van der Waals surface area contributed by atoms with Gasteiger partial charge >= 0.3 is 12.0 Å². The molecule has 7 heteroatoms. The molecular formula is C19H29N3O4. The van der Waals surface area contributed by atoms with Gasteiger partial charge in [0.1, 0.15) is 0 Å². The van der Waals surface area contributed by atoms with Gasteiger partial charge in [0.05, 0.1) is 24.4 Å². The summed E-state index contributed by atoms with van der Waals surface area (Å²) < 4.78 is 10.7. The molecule has 1 saturated heterocycles. The van der Waals surface area contributed by atoms with Gasteiger partial charge in [-0.2, -0.15) is 0 Å². The minimum Gasteiger partial charge on any atom is -0.462 e. The van der Waals surface area contributed by atoms with E-state index in [-0.39, 0.29) is 30.3 Å². The smallest absolute Gasteiger partial charge is 0.338 e. The Hall–Kier alpha value is -2.12. The number of esters is 1. The van der Waals surface area contributed by atoms with E-state index in [0.29, 0.717) is 24.4 Å². The SMILES string of the molecule is CCOC(=O)c1ccc(NC(=O)NC[C@@H](C)N2C[C@@H](C)O[C@@H](C)C2)cc1. The van der Waals surface area contributed by atoms with Crippen LogP contribution in [0.25, 0.3) is 0 Å². The molecule has 1 aromatic rings. The summed E-state index contributed by atoms with van der Waals surface area (Å²) in [5.41, 5.74) is 1.08. The van der Waals surface area contributed by atoms with E-state index in [1.54, 1.807) is 31.2 Å². The summed E-state index contributed by atoms with van der Waals surface area (Å²) in [6.07, 6.45) is 0.404. The van der Waals surface area contributed by atoms with Gasteiger partial charge in [-0.25, -0.2) is 9.59 Å². The summed E-state index contributed by atoms with van der Waals surface area (Å²) in [6, 6.07) is 6.58. The van der Waals surface area contributed by atoms with Gasteiger partial charge < -0.3 is 20.1 Å². The molecule has 7 nitrogen and oxygen atoms in total. The average Bonchev–Trinajstić information content (AvgIpc) is 2.59. The lowest BCUT2D eigenvalue weighted by Crippen LogP contribution is -2.52. The van der Waals surface area contributed by atoms with Crippen LogP contribution in [0.15, 0.2) is 24.3 Å². The van der Waals surface area contributed by atoms with Crippen molar-refractivity contribution in [1.29, 1.82) is 0 Å². The molecule has 0 aliphatic carbocycles. The van der Waals surface area contributed by atoms with Crippen molar-refractivity contribution in [2.24, 2.45) is 0 Å². The third-order valence-electron chi connectivity index (χ3n) is 4.28. The normalized spacial score (nSPS) is 21.7. The summed E-state index contributed by atoms with van der Waals surface area (Å²) in [6.45, 7) is 10.6. The Labute approximate surface area is 155 Å². The van der Waals surface area contributed by atoms with Crippen molar-refractivity contribution in [3.8, 4) is 0 Å². The van der Waals surface area contributed by atoms with Crippen LogP contribution in [0.1, 0.15) is 38.1 Å². The topological polar surface area (TPSA) is 79.9 Å². The lowest BCUT2D eigenvalue weighted by atomic mass is 10.2. The molecule has 1 aliphatic rings. The molecule has 2 N–H and O–H groups in total. The number of hydrogen-bond acceptors (Lipinski definition) is 5. The van der Waals surface area contributed by atoms with Crippen molar-refractivity contribution < 1.29 is 19.1 Å². The molecule has 1 aliphatic heterocycles. The number of amides is 2. The fourth-order valence-corrected chi connectivity index (χ4v) is 3.03. The van der Waals surface area contributed by atoms with E-state index >= 15 is 0 Å². The van der Waals surface area contributed by atoms with Crippen LogP contribution in [0.3, 0.4) is 0 Å². The van der Waals surface area contributed by atoms with E-state index in [0.717, 1.165) is 13.1 Å². The molecule has 1 fully saturated rings. The summed E-state index contributed by atoms with van der Waals surface area (Å²) in [5.74, 6) is -0.369.